The third-order valence-corrected chi connectivity index (χ3v) is 11.8. The molecular weight excluding hydrogens is 865 g/mol. The predicted molar refractivity (Wildman–Crippen MR) is 252 cm³/mol. The van der Waals surface area contributed by atoms with Crippen LogP contribution in [0.5, 0.6) is 0 Å². The first-order valence-electron chi connectivity index (χ1n) is 23.1. The summed E-state index contributed by atoms with van der Waals surface area (Å²) in [6.07, 6.45) is -9.40. The molecule has 0 bridgehead atoms. The van der Waals surface area contributed by atoms with E-state index in [1.165, 1.54) is 6.92 Å². The van der Waals surface area contributed by atoms with Gasteiger partial charge in [0.25, 0.3) is 0 Å². The minimum absolute atomic E-state index is 0.149. The summed E-state index contributed by atoms with van der Waals surface area (Å²) in [5, 5.41) is 11.9. The zero-order valence-corrected chi connectivity index (χ0v) is 38.2. The molecule has 6 aromatic rings. The third kappa shape index (κ3) is 14.2. The van der Waals surface area contributed by atoms with Crippen molar-refractivity contribution in [2.45, 2.75) is 108 Å². The number of esters is 1. The molecule has 2 fully saturated rings. The van der Waals surface area contributed by atoms with Gasteiger partial charge in [-0.05, 0) is 33.4 Å². The number of hydrogen-bond donors (Lipinski definition) is 1. The molecule has 12 heteroatoms. The van der Waals surface area contributed by atoms with Gasteiger partial charge in [-0.3, -0.25) is 4.79 Å². The van der Waals surface area contributed by atoms with Crippen LogP contribution in [-0.4, -0.2) is 85.7 Å². The maximum absolute atomic E-state index is 12.4. The van der Waals surface area contributed by atoms with Crippen LogP contribution < -0.4 is 0 Å². The molecule has 0 aliphatic carbocycles. The Morgan fingerprint density at radius 2 is 0.676 bits per heavy atom. The molecule has 0 radical (unpaired) electrons. The quantitative estimate of drug-likeness (QED) is 0.0619. The average molecular weight is 925 g/mol. The van der Waals surface area contributed by atoms with E-state index < -0.39 is 67.4 Å². The van der Waals surface area contributed by atoms with Crippen molar-refractivity contribution in [1.29, 1.82) is 0 Å². The van der Waals surface area contributed by atoms with Crippen molar-refractivity contribution in [1.82, 2.24) is 0 Å². The van der Waals surface area contributed by atoms with Gasteiger partial charge in [0.05, 0.1) is 46.2 Å². The average Bonchev–Trinajstić information content (AvgIpc) is 3.38. The number of carbonyl (C=O) groups excluding carboxylic acids is 1. The molecular formula is C56H60O12. The lowest BCUT2D eigenvalue weighted by Crippen LogP contribution is -2.63. The molecule has 68 heavy (non-hydrogen) atoms. The maximum Gasteiger partial charge on any atom is 0.302 e. The predicted octanol–water partition coefficient (Wildman–Crippen LogP) is 8.52. The Morgan fingerprint density at radius 3 is 1.03 bits per heavy atom. The van der Waals surface area contributed by atoms with E-state index in [4.69, 9.17) is 47.4 Å². The van der Waals surface area contributed by atoms with E-state index >= 15 is 0 Å². The molecule has 2 aliphatic rings. The molecule has 356 valence electrons. The summed E-state index contributed by atoms with van der Waals surface area (Å²) < 4.78 is 66.0. The molecule has 6 aromatic carbocycles. The Labute approximate surface area is 398 Å². The Kier molecular flexibility index (Phi) is 18.4. The summed E-state index contributed by atoms with van der Waals surface area (Å²) in [7, 11) is 0. The largest absolute Gasteiger partial charge is 0.463 e. The second-order valence-corrected chi connectivity index (χ2v) is 16.8. The normalized spacial score (nSPS) is 24.9. The van der Waals surface area contributed by atoms with Crippen LogP contribution in [0, 0.1) is 0 Å². The smallest absolute Gasteiger partial charge is 0.302 e. The van der Waals surface area contributed by atoms with Gasteiger partial charge in [-0.25, -0.2) is 0 Å². The highest BCUT2D eigenvalue weighted by Crippen LogP contribution is 2.34. The van der Waals surface area contributed by atoms with Crippen LogP contribution in [0.4, 0.5) is 0 Å². The Balaban J connectivity index is 1.11. The summed E-state index contributed by atoms with van der Waals surface area (Å²) in [5.74, 6) is -0.481. The van der Waals surface area contributed by atoms with Crippen molar-refractivity contribution in [2.24, 2.45) is 0 Å². The van der Waals surface area contributed by atoms with Crippen LogP contribution in [0.2, 0.25) is 0 Å². The lowest BCUT2D eigenvalue weighted by atomic mass is 9.97. The fourth-order valence-corrected chi connectivity index (χ4v) is 8.30. The minimum Gasteiger partial charge on any atom is -0.463 e. The molecule has 8 rings (SSSR count). The Morgan fingerprint density at radius 1 is 0.382 bits per heavy atom. The van der Waals surface area contributed by atoms with Gasteiger partial charge in [0.1, 0.15) is 55.4 Å². The first kappa shape index (κ1) is 48.8. The first-order valence-corrected chi connectivity index (χ1v) is 23.1. The van der Waals surface area contributed by atoms with Crippen LogP contribution in [-0.2, 0) is 91.8 Å². The lowest BCUT2D eigenvalue weighted by molar-refractivity contribution is -0.348. The van der Waals surface area contributed by atoms with Crippen molar-refractivity contribution in [3.8, 4) is 0 Å². The van der Waals surface area contributed by atoms with Gasteiger partial charge in [0, 0.05) is 6.92 Å². The molecule has 0 saturated carbocycles. The number of benzene rings is 6. The molecule has 0 aromatic heterocycles. The SMILES string of the molecule is CC(=O)OC[C@H]1O[C@@H](OC[C@H]2O[C@H](O)[C@H](OCc3ccccc3)[C@@H](OCc3ccccc3)[C@@H]2OCc2ccccc2)[C@H](OCc2ccccc2)[C@@H](OCc2ccccc2)[C@H]1OCc1ccccc1. The second-order valence-electron chi connectivity index (χ2n) is 16.8. The highest BCUT2D eigenvalue weighted by molar-refractivity contribution is 5.65. The number of hydrogen-bond acceptors (Lipinski definition) is 12. The summed E-state index contributed by atoms with van der Waals surface area (Å²) in [6.45, 7) is 2.30. The van der Waals surface area contributed by atoms with Crippen molar-refractivity contribution >= 4 is 5.97 Å². The highest BCUT2D eigenvalue weighted by atomic mass is 16.7. The van der Waals surface area contributed by atoms with Crippen LogP contribution >= 0.6 is 0 Å². The monoisotopic (exact) mass is 924 g/mol. The van der Waals surface area contributed by atoms with Crippen LogP contribution in [0.3, 0.4) is 0 Å². The van der Waals surface area contributed by atoms with Gasteiger partial charge in [0.2, 0.25) is 0 Å². The fourth-order valence-electron chi connectivity index (χ4n) is 8.30. The zero-order chi connectivity index (χ0) is 46.8. The standard InChI is InChI=1S/C56H60O12/c1-40(57)59-38-48-50(61-33-42-22-10-3-11-23-42)52(63-35-44-26-14-5-15-27-44)54(65-37-46-30-18-7-19-31-46)56(68-48)66-39-47-49(60-32-41-20-8-2-9-21-41)51(62-34-43-24-12-4-13-25-43)53(55(58)67-47)64-36-45-28-16-6-17-29-45/h2-31,47-56,58H,32-39H2,1H3/t47-,48-,49-,50+,51+,52+,53-,54-,55+,56-/m1/s1. The van der Waals surface area contributed by atoms with Crippen molar-refractivity contribution in [3.05, 3.63) is 215 Å². The molecule has 2 aliphatic heterocycles. The van der Waals surface area contributed by atoms with E-state index in [1.807, 2.05) is 182 Å². The Hall–Kier alpha value is -5.61. The zero-order valence-electron chi connectivity index (χ0n) is 38.2. The van der Waals surface area contributed by atoms with Gasteiger partial charge in [-0.1, -0.05) is 182 Å². The lowest BCUT2D eigenvalue weighted by Gasteiger charge is -2.47. The van der Waals surface area contributed by atoms with Crippen molar-refractivity contribution in [3.63, 3.8) is 0 Å². The van der Waals surface area contributed by atoms with Gasteiger partial charge in [-0.15, -0.1) is 0 Å². The summed E-state index contributed by atoms with van der Waals surface area (Å²) in [6, 6.07) is 58.7. The molecule has 2 saturated heterocycles. The van der Waals surface area contributed by atoms with E-state index in [-0.39, 0.29) is 52.9 Å². The molecule has 2 heterocycles. The summed E-state index contributed by atoms with van der Waals surface area (Å²) in [4.78, 5) is 12.4. The van der Waals surface area contributed by atoms with Gasteiger partial charge in [-0.2, -0.15) is 0 Å². The maximum atomic E-state index is 12.4. The summed E-state index contributed by atoms with van der Waals surface area (Å²) >= 11 is 0. The van der Waals surface area contributed by atoms with Crippen molar-refractivity contribution in [2.75, 3.05) is 13.2 Å². The van der Waals surface area contributed by atoms with E-state index in [1.54, 1.807) is 0 Å². The summed E-state index contributed by atoms with van der Waals surface area (Å²) in [5.41, 5.74) is 5.58. The van der Waals surface area contributed by atoms with E-state index in [2.05, 4.69) is 0 Å². The number of aliphatic hydroxyl groups is 1. The highest BCUT2D eigenvalue weighted by Gasteiger charge is 2.52. The number of ether oxygens (including phenoxy) is 10. The van der Waals surface area contributed by atoms with Crippen molar-refractivity contribution < 1.29 is 57.3 Å². The van der Waals surface area contributed by atoms with Crippen LogP contribution in [0.1, 0.15) is 40.3 Å². The second kappa shape index (κ2) is 25.7. The molecule has 12 nitrogen and oxygen atoms in total. The molecule has 0 unspecified atom stereocenters. The van der Waals surface area contributed by atoms with Crippen LogP contribution in [0.15, 0.2) is 182 Å². The van der Waals surface area contributed by atoms with Gasteiger partial charge >= 0.3 is 5.97 Å². The molecule has 1 N–H and O–H groups in total. The number of aliphatic hydroxyl groups excluding tert-OH is 1. The van der Waals surface area contributed by atoms with Gasteiger partial charge < -0.3 is 52.5 Å². The molecule has 10 atom stereocenters. The molecule has 0 spiro atoms. The first-order chi connectivity index (χ1) is 33.5. The third-order valence-electron chi connectivity index (χ3n) is 11.8. The topological polar surface area (TPSA) is 130 Å². The number of carbonyl (C=O) groups is 1. The fraction of sp³-hybridized carbons (Fsp3) is 0.339. The van der Waals surface area contributed by atoms with E-state index in [9.17, 15) is 9.90 Å². The van der Waals surface area contributed by atoms with Gasteiger partial charge in [0.15, 0.2) is 12.6 Å². The van der Waals surface area contributed by atoms with E-state index in [0.717, 1.165) is 33.4 Å². The number of rotatable bonds is 23. The molecule has 0 amide bonds. The minimum atomic E-state index is -1.43. The van der Waals surface area contributed by atoms with E-state index in [0.29, 0.717) is 0 Å². The Bertz CT molecular complexity index is 2330. The van der Waals surface area contributed by atoms with Crippen LogP contribution in [0.25, 0.3) is 0 Å².